The Morgan fingerprint density at radius 3 is 2.53 bits per heavy atom. The van der Waals surface area contributed by atoms with E-state index in [-0.39, 0.29) is 5.41 Å². The highest BCUT2D eigenvalue weighted by Crippen LogP contribution is 2.46. The summed E-state index contributed by atoms with van der Waals surface area (Å²) in [4.78, 5) is 4.34. The summed E-state index contributed by atoms with van der Waals surface area (Å²) in [5, 5.41) is 9.44. The van der Waals surface area contributed by atoms with Gasteiger partial charge in [0.25, 0.3) is 0 Å². The van der Waals surface area contributed by atoms with Gasteiger partial charge in [-0.3, -0.25) is 0 Å². The second-order valence-electron chi connectivity index (χ2n) is 9.08. The molecule has 3 aliphatic rings. The molecule has 0 N–H and O–H groups in total. The topological polar surface area (TPSA) is 36.1 Å². The summed E-state index contributed by atoms with van der Waals surface area (Å²) in [5.41, 5.74) is 4.14. The lowest BCUT2D eigenvalue weighted by atomic mass is 9.63. The van der Waals surface area contributed by atoms with Crippen molar-refractivity contribution in [1.82, 2.24) is 0 Å². The summed E-state index contributed by atoms with van der Waals surface area (Å²) in [6.45, 7) is 4.33. The third kappa shape index (κ3) is 5.01. The van der Waals surface area contributed by atoms with Crippen LogP contribution in [-0.4, -0.2) is 5.71 Å². The minimum Gasteiger partial charge on any atom is -0.177 e. The van der Waals surface area contributed by atoms with Gasteiger partial charge >= 0.3 is 0 Å². The fourth-order valence-electron chi connectivity index (χ4n) is 4.93. The van der Waals surface area contributed by atoms with Gasteiger partial charge in [0.05, 0.1) is 5.71 Å². The maximum Gasteiger partial charge on any atom is 0.205 e. The van der Waals surface area contributed by atoms with E-state index in [0.717, 1.165) is 49.0 Å². The summed E-state index contributed by atoms with van der Waals surface area (Å²) >= 11 is 0. The van der Waals surface area contributed by atoms with Gasteiger partial charge < -0.3 is 0 Å². The molecule has 0 amide bonds. The van der Waals surface area contributed by atoms with E-state index in [2.05, 4.69) is 72.1 Å². The Morgan fingerprint density at radius 1 is 1.07 bits per heavy atom. The van der Waals surface area contributed by atoms with Crippen LogP contribution in [0.5, 0.6) is 0 Å². The van der Waals surface area contributed by atoms with Crippen molar-refractivity contribution in [3.63, 3.8) is 0 Å². The van der Waals surface area contributed by atoms with Gasteiger partial charge in [-0.1, -0.05) is 60.9 Å². The van der Waals surface area contributed by atoms with Gasteiger partial charge in [0.2, 0.25) is 6.19 Å². The third-order valence-electron chi connectivity index (χ3n) is 6.81. The number of hydrogen-bond acceptors (Lipinski definition) is 2. The number of allylic oxidation sites excluding steroid dienone is 5. The molecule has 0 bridgehead atoms. The predicted molar refractivity (Wildman–Crippen MR) is 124 cm³/mol. The number of nitrogens with zero attached hydrogens (tertiary/aromatic N) is 2. The molecule has 1 aromatic carbocycles. The molecule has 30 heavy (non-hydrogen) atoms. The molecule has 2 nitrogen and oxygen atoms in total. The highest BCUT2D eigenvalue weighted by Gasteiger charge is 2.40. The van der Waals surface area contributed by atoms with E-state index in [1.807, 2.05) is 6.08 Å². The van der Waals surface area contributed by atoms with Crippen molar-refractivity contribution in [3.8, 4) is 18.0 Å². The van der Waals surface area contributed by atoms with Crippen LogP contribution in [0.2, 0.25) is 0 Å². The summed E-state index contributed by atoms with van der Waals surface area (Å²) in [6.07, 6.45) is 18.6. The molecule has 1 aromatic rings. The molecule has 0 aromatic heterocycles. The lowest BCUT2D eigenvalue weighted by Crippen LogP contribution is -2.36. The zero-order valence-electron chi connectivity index (χ0n) is 17.7. The first kappa shape index (κ1) is 20.4. The van der Waals surface area contributed by atoms with E-state index in [0.29, 0.717) is 11.8 Å². The zero-order chi connectivity index (χ0) is 20.8. The van der Waals surface area contributed by atoms with Crippen molar-refractivity contribution in [3.05, 3.63) is 71.8 Å². The van der Waals surface area contributed by atoms with Crippen molar-refractivity contribution < 1.29 is 0 Å². The van der Waals surface area contributed by atoms with Gasteiger partial charge in [-0.25, -0.2) is 0 Å². The maximum absolute atomic E-state index is 9.44. The molecule has 3 aliphatic carbocycles. The molecule has 0 saturated heterocycles. The summed E-state index contributed by atoms with van der Waals surface area (Å²) in [6, 6.07) is 10.8. The van der Waals surface area contributed by atoms with Crippen LogP contribution in [0, 0.1) is 40.5 Å². The molecule has 152 valence electrons. The Bertz CT molecular complexity index is 963. The Labute approximate surface area is 181 Å². The summed E-state index contributed by atoms with van der Waals surface area (Å²) in [7, 11) is 0. The molecule has 4 rings (SSSR count). The van der Waals surface area contributed by atoms with Crippen LogP contribution in [0.15, 0.2) is 71.3 Å². The van der Waals surface area contributed by atoms with E-state index in [4.69, 9.17) is 0 Å². The largest absolute Gasteiger partial charge is 0.205 e. The van der Waals surface area contributed by atoms with Gasteiger partial charge in [-0.05, 0) is 80.9 Å². The van der Waals surface area contributed by atoms with Crippen LogP contribution >= 0.6 is 0 Å². The molecule has 0 heterocycles. The van der Waals surface area contributed by atoms with Crippen molar-refractivity contribution >= 4 is 5.71 Å². The number of benzene rings is 1. The molecule has 0 atom stereocenters. The van der Waals surface area contributed by atoms with E-state index < -0.39 is 0 Å². The first-order chi connectivity index (χ1) is 14.7. The number of nitriles is 1. The van der Waals surface area contributed by atoms with Crippen molar-refractivity contribution in [1.29, 1.82) is 5.26 Å². The average Bonchev–Trinajstić information content (AvgIpc) is 3.59. The second-order valence-corrected chi connectivity index (χ2v) is 9.08. The molecule has 0 radical (unpaired) electrons. The Balaban J connectivity index is 1.53. The van der Waals surface area contributed by atoms with E-state index in [1.165, 1.54) is 31.2 Å². The fraction of sp³-hybridized carbons (Fsp3) is 0.429. The van der Waals surface area contributed by atoms with E-state index >= 15 is 0 Å². The summed E-state index contributed by atoms with van der Waals surface area (Å²) < 4.78 is 0. The normalized spacial score (nSPS) is 30.8. The average molecular weight is 395 g/mol. The fourth-order valence-corrected chi connectivity index (χ4v) is 4.93. The van der Waals surface area contributed by atoms with Crippen molar-refractivity contribution in [2.45, 2.75) is 57.8 Å². The number of hydrogen-bond donors (Lipinski definition) is 0. The van der Waals surface area contributed by atoms with Crippen molar-refractivity contribution in [2.24, 2.45) is 22.2 Å². The monoisotopic (exact) mass is 394 g/mol. The highest BCUT2D eigenvalue weighted by molar-refractivity contribution is 6.07. The van der Waals surface area contributed by atoms with Gasteiger partial charge in [-0.15, -0.1) is 0 Å². The standard InChI is InChI=1S/C28H30N2/c1-22-19-25(13-12-23-10-11-23)9-5-6-16-28(27(22)30-21-29)17-14-26(15-18-28)20-24-7-3-2-4-8-24/h2-5,7-9,19,23,26H,1,6,10-11,14-18,20H2/b9-5-,25-19+,30-27-. The Hall–Kier alpha value is -2.84. The van der Waals surface area contributed by atoms with Gasteiger partial charge in [0.1, 0.15) is 0 Å². The minimum atomic E-state index is -0.0415. The van der Waals surface area contributed by atoms with Crippen LogP contribution in [0.1, 0.15) is 56.9 Å². The Kier molecular flexibility index (Phi) is 6.35. The molecule has 1 spiro atoms. The van der Waals surface area contributed by atoms with E-state index in [9.17, 15) is 5.26 Å². The van der Waals surface area contributed by atoms with Crippen LogP contribution in [0.3, 0.4) is 0 Å². The smallest absolute Gasteiger partial charge is 0.177 e. The molecule has 0 aliphatic heterocycles. The maximum atomic E-state index is 9.44. The van der Waals surface area contributed by atoms with Gasteiger partial charge in [-0.2, -0.15) is 10.3 Å². The van der Waals surface area contributed by atoms with Crippen LogP contribution in [-0.2, 0) is 6.42 Å². The number of rotatable bonds is 2. The van der Waals surface area contributed by atoms with Gasteiger partial charge in [0, 0.05) is 16.9 Å². The molecular weight excluding hydrogens is 364 g/mol. The molecule has 2 fully saturated rings. The SMILES string of the molecule is C=C1/C=C(C#CC2CC2)\C=C/CCC2(CCC(Cc3ccccc3)CC2)/C1=N\C#N. The zero-order valence-corrected chi connectivity index (χ0v) is 17.7. The molecule has 0 unspecified atom stereocenters. The van der Waals surface area contributed by atoms with Crippen LogP contribution in [0.25, 0.3) is 0 Å². The quantitative estimate of drug-likeness (QED) is 0.412. The highest BCUT2D eigenvalue weighted by atomic mass is 14.8. The second kappa shape index (κ2) is 9.32. The van der Waals surface area contributed by atoms with Gasteiger partial charge in [0.15, 0.2) is 0 Å². The molecule has 2 heteroatoms. The first-order valence-corrected chi connectivity index (χ1v) is 11.3. The lowest BCUT2D eigenvalue weighted by Gasteiger charge is -2.41. The van der Waals surface area contributed by atoms with Crippen molar-refractivity contribution in [2.75, 3.05) is 0 Å². The first-order valence-electron chi connectivity index (χ1n) is 11.3. The van der Waals surface area contributed by atoms with E-state index in [1.54, 1.807) is 0 Å². The molecule has 2 saturated carbocycles. The predicted octanol–water partition coefficient (Wildman–Crippen LogP) is 6.57. The molecular formula is C28H30N2. The van der Waals surface area contributed by atoms with Crippen LogP contribution in [0.4, 0.5) is 0 Å². The Morgan fingerprint density at radius 2 is 1.83 bits per heavy atom. The van der Waals surface area contributed by atoms with Crippen LogP contribution < -0.4 is 0 Å². The minimum absolute atomic E-state index is 0.0415. The number of aliphatic imine (C=N–C) groups is 1. The third-order valence-corrected chi connectivity index (χ3v) is 6.81. The lowest BCUT2D eigenvalue weighted by molar-refractivity contribution is 0.210. The summed E-state index contributed by atoms with van der Waals surface area (Å²) in [5.74, 6) is 7.94.